The van der Waals surface area contributed by atoms with E-state index < -0.39 is 0 Å². The van der Waals surface area contributed by atoms with Crippen molar-refractivity contribution in [2.45, 2.75) is 25.4 Å². The van der Waals surface area contributed by atoms with E-state index in [1.165, 1.54) is 12.8 Å². The number of guanidine groups is 1. The Kier molecular flexibility index (Phi) is 4.14. The third kappa shape index (κ3) is 3.48. The minimum absolute atomic E-state index is 0.540. The third-order valence-electron chi connectivity index (χ3n) is 2.88. The second kappa shape index (κ2) is 5.44. The Hall–Kier alpha value is -0.490. The molecule has 1 aromatic rings. The highest BCUT2D eigenvalue weighted by atomic mass is 127. The van der Waals surface area contributed by atoms with Crippen LogP contribution in [0, 0.1) is 3.57 Å². The van der Waals surface area contributed by atoms with E-state index in [0.717, 1.165) is 14.2 Å². The van der Waals surface area contributed by atoms with E-state index >= 15 is 0 Å². The average Bonchev–Trinajstić information content (AvgIpc) is 3.10. The van der Waals surface area contributed by atoms with Gasteiger partial charge in [0, 0.05) is 21.7 Å². The standard InChI is InChI=1S/C12H15ClIN3/c1-17(10-4-5-10)12(15)16-7-8-2-3-9(14)6-11(8)13/h2-3,6,10H,4-5,7H2,1H3,(H2,15,16). The topological polar surface area (TPSA) is 41.6 Å². The van der Waals surface area contributed by atoms with Crippen LogP contribution in [0.2, 0.25) is 5.02 Å². The van der Waals surface area contributed by atoms with E-state index in [1.54, 1.807) is 0 Å². The molecule has 2 rings (SSSR count). The van der Waals surface area contributed by atoms with Crippen LogP contribution in [0.1, 0.15) is 18.4 Å². The van der Waals surface area contributed by atoms with E-state index in [1.807, 2.05) is 30.1 Å². The first kappa shape index (κ1) is 13.0. The quantitative estimate of drug-likeness (QED) is 0.510. The van der Waals surface area contributed by atoms with Crippen molar-refractivity contribution >= 4 is 40.2 Å². The van der Waals surface area contributed by atoms with Crippen molar-refractivity contribution in [1.82, 2.24) is 4.90 Å². The molecule has 0 aliphatic heterocycles. The van der Waals surface area contributed by atoms with Gasteiger partial charge >= 0.3 is 0 Å². The van der Waals surface area contributed by atoms with Gasteiger partial charge in [-0.1, -0.05) is 17.7 Å². The van der Waals surface area contributed by atoms with Gasteiger partial charge in [-0.2, -0.15) is 0 Å². The molecule has 1 aliphatic rings. The van der Waals surface area contributed by atoms with Crippen molar-refractivity contribution in [1.29, 1.82) is 0 Å². The van der Waals surface area contributed by atoms with Gasteiger partial charge in [-0.15, -0.1) is 0 Å². The lowest BCUT2D eigenvalue weighted by molar-refractivity contribution is 0.487. The Morgan fingerprint density at radius 3 is 2.88 bits per heavy atom. The van der Waals surface area contributed by atoms with Crippen molar-refractivity contribution in [2.75, 3.05) is 7.05 Å². The lowest BCUT2D eigenvalue weighted by Crippen LogP contribution is -2.35. The fourth-order valence-electron chi connectivity index (χ4n) is 1.58. The molecule has 1 aromatic carbocycles. The van der Waals surface area contributed by atoms with Gasteiger partial charge in [-0.25, -0.2) is 4.99 Å². The molecule has 0 saturated heterocycles. The maximum atomic E-state index is 6.14. The molecule has 1 saturated carbocycles. The molecular weight excluding hydrogens is 349 g/mol. The van der Waals surface area contributed by atoms with E-state index in [-0.39, 0.29) is 0 Å². The minimum Gasteiger partial charge on any atom is -0.370 e. The summed E-state index contributed by atoms with van der Waals surface area (Å²) in [6.07, 6.45) is 2.44. The molecule has 0 unspecified atom stereocenters. The number of hydrogen-bond donors (Lipinski definition) is 1. The fraction of sp³-hybridized carbons (Fsp3) is 0.417. The first-order valence-corrected chi connectivity index (χ1v) is 7.00. The maximum Gasteiger partial charge on any atom is 0.191 e. The molecule has 0 aromatic heterocycles. The highest BCUT2D eigenvalue weighted by Crippen LogP contribution is 2.25. The van der Waals surface area contributed by atoms with Crippen LogP contribution >= 0.6 is 34.2 Å². The first-order valence-electron chi connectivity index (χ1n) is 5.54. The van der Waals surface area contributed by atoms with E-state index in [9.17, 15) is 0 Å². The highest BCUT2D eigenvalue weighted by molar-refractivity contribution is 14.1. The summed E-state index contributed by atoms with van der Waals surface area (Å²) in [5.74, 6) is 0.599. The summed E-state index contributed by atoms with van der Waals surface area (Å²) in [4.78, 5) is 6.42. The van der Waals surface area contributed by atoms with E-state index in [2.05, 4.69) is 27.6 Å². The van der Waals surface area contributed by atoms with Gasteiger partial charge in [0.05, 0.1) is 6.54 Å². The lowest BCUT2D eigenvalue weighted by atomic mass is 10.2. The third-order valence-corrected chi connectivity index (χ3v) is 3.91. The molecule has 3 nitrogen and oxygen atoms in total. The number of nitrogens with two attached hydrogens (primary N) is 1. The van der Waals surface area contributed by atoms with Crippen molar-refractivity contribution in [3.05, 3.63) is 32.4 Å². The monoisotopic (exact) mass is 363 g/mol. The van der Waals surface area contributed by atoms with Crippen molar-refractivity contribution in [3.8, 4) is 0 Å². The zero-order chi connectivity index (χ0) is 12.4. The molecule has 0 radical (unpaired) electrons. The molecule has 92 valence electrons. The van der Waals surface area contributed by atoms with Crippen LogP contribution in [-0.2, 0) is 6.54 Å². The summed E-state index contributed by atoms with van der Waals surface area (Å²) >= 11 is 8.38. The number of nitrogens with zero attached hydrogens (tertiary/aromatic N) is 2. The molecule has 0 heterocycles. The summed E-state index contributed by atoms with van der Waals surface area (Å²) in [5, 5.41) is 0.752. The molecule has 5 heteroatoms. The Labute approximate surface area is 120 Å². The van der Waals surface area contributed by atoms with Crippen LogP contribution in [0.3, 0.4) is 0 Å². The zero-order valence-electron chi connectivity index (χ0n) is 9.66. The van der Waals surface area contributed by atoms with E-state index in [0.29, 0.717) is 18.5 Å². The summed E-state index contributed by atoms with van der Waals surface area (Å²) < 4.78 is 1.13. The second-order valence-corrected chi connectivity index (χ2v) is 5.91. The van der Waals surface area contributed by atoms with E-state index in [4.69, 9.17) is 17.3 Å². The lowest BCUT2D eigenvalue weighted by Gasteiger charge is -2.16. The molecule has 0 amide bonds. The van der Waals surface area contributed by atoms with Gasteiger partial charge in [-0.3, -0.25) is 0 Å². The molecular formula is C12H15ClIN3. The van der Waals surface area contributed by atoms with Gasteiger partial charge in [0.15, 0.2) is 5.96 Å². The first-order chi connectivity index (χ1) is 8.08. The van der Waals surface area contributed by atoms with Crippen molar-refractivity contribution in [3.63, 3.8) is 0 Å². The molecule has 0 spiro atoms. The van der Waals surface area contributed by atoms with Crippen LogP contribution in [-0.4, -0.2) is 23.9 Å². The largest absolute Gasteiger partial charge is 0.370 e. The Morgan fingerprint density at radius 2 is 2.29 bits per heavy atom. The Morgan fingerprint density at radius 1 is 1.59 bits per heavy atom. The summed E-state index contributed by atoms with van der Waals surface area (Å²) in [6.45, 7) is 0.540. The van der Waals surface area contributed by atoms with Crippen molar-refractivity contribution < 1.29 is 0 Å². The molecule has 17 heavy (non-hydrogen) atoms. The Bertz CT molecular complexity index is 443. The van der Waals surface area contributed by atoms with Crippen LogP contribution in [0.25, 0.3) is 0 Å². The average molecular weight is 364 g/mol. The van der Waals surface area contributed by atoms with Crippen LogP contribution in [0.4, 0.5) is 0 Å². The summed E-state index contributed by atoms with van der Waals surface area (Å²) in [6, 6.07) is 6.55. The molecule has 2 N–H and O–H groups in total. The van der Waals surface area contributed by atoms with Crippen LogP contribution in [0.5, 0.6) is 0 Å². The smallest absolute Gasteiger partial charge is 0.191 e. The molecule has 1 fully saturated rings. The van der Waals surface area contributed by atoms with Crippen molar-refractivity contribution in [2.24, 2.45) is 10.7 Å². The molecule has 1 aliphatic carbocycles. The zero-order valence-corrected chi connectivity index (χ0v) is 12.6. The number of rotatable bonds is 3. The predicted octanol–water partition coefficient (Wildman–Crippen LogP) is 2.85. The Balaban J connectivity index is 2.02. The predicted molar refractivity (Wildman–Crippen MR) is 80.3 cm³/mol. The van der Waals surface area contributed by atoms with Gasteiger partial charge in [0.25, 0.3) is 0 Å². The molecule has 0 atom stereocenters. The van der Waals surface area contributed by atoms with Crippen LogP contribution in [0.15, 0.2) is 23.2 Å². The maximum absolute atomic E-state index is 6.14. The number of aliphatic imine (C=N–C) groups is 1. The fourth-order valence-corrected chi connectivity index (χ4v) is 2.49. The highest BCUT2D eigenvalue weighted by Gasteiger charge is 2.27. The van der Waals surface area contributed by atoms with Crippen LogP contribution < -0.4 is 5.73 Å². The normalized spacial score (nSPS) is 16.1. The van der Waals surface area contributed by atoms with Gasteiger partial charge in [-0.05, 0) is 53.1 Å². The number of hydrogen-bond acceptors (Lipinski definition) is 1. The molecule has 0 bridgehead atoms. The summed E-state index contributed by atoms with van der Waals surface area (Å²) in [5.41, 5.74) is 6.93. The SMILES string of the molecule is CN(C(N)=NCc1ccc(I)cc1Cl)C1CC1. The van der Waals surface area contributed by atoms with Gasteiger partial charge < -0.3 is 10.6 Å². The summed E-state index contributed by atoms with van der Waals surface area (Å²) in [7, 11) is 1.99. The van der Waals surface area contributed by atoms with Gasteiger partial charge in [0.2, 0.25) is 0 Å². The number of halogens is 2. The second-order valence-electron chi connectivity index (χ2n) is 4.25. The minimum atomic E-state index is 0.540. The van der Waals surface area contributed by atoms with Gasteiger partial charge in [0.1, 0.15) is 0 Å². The number of benzene rings is 1.